The SMILES string of the molecule is Nc1ccc(NC(=O)C(=O)Nc2c(Cl)cccc2Cl)cc1Cl. The third kappa shape index (κ3) is 3.82. The van der Waals surface area contributed by atoms with Crippen molar-refractivity contribution in [2.45, 2.75) is 0 Å². The van der Waals surface area contributed by atoms with Gasteiger partial charge in [-0.1, -0.05) is 40.9 Å². The van der Waals surface area contributed by atoms with Crippen LogP contribution in [0.2, 0.25) is 15.1 Å². The molecule has 22 heavy (non-hydrogen) atoms. The molecule has 0 aromatic heterocycles. The highest BCUT2D eigenvalue weighted by atomic mass is 35.5. The monoisotopic (exact) mass is 357 g/mol. The summed E-state index contributed by atoms with van der Waals surface area (Å²) in [6.07, 6.45) is 0. The Labute approximate surface area is 141 Å². The van der Waals surface area contributed by atoms with Crippen LogP contribution in [0.5, 0.6) is 0 Å². The first kappa shape index (κ1) is 16.4. The number of nitrogens with one attached hydrogen (secondary N) is 2. The Hall–Kier alpha value is -1.95. The van der Waals surface area contributed by atoms with Crippen molar-refractivity contribution in [1.29, 1.82) is 0 Å². The Kier molecular flexibility index (Phi) is 5.13. The first-order chi connectivity index (χ1) is 10.4. The van der Waals surface area contributed by atoms with Crippen LogP contribution in [0.3, 0.4) is 0 Å². The molecule has 2 rings (SSSR count). The number of carbonyl (C=O) groups is 2. The van der Waals surface area contributed by atoms with Crippen LogP contribution >= 0.6 is 34.8 Å². The topological polar surface area (TPSA) is 84.2 Å². The van der Waals surface area contributed by atoms with E-state index in [1.54, 1.807) is 18.2 Å². The molecule has 0 aliphatic rings. The molecule has 0 saturated heterocycles. The molecule has 8 heteroatoms. The van der Waals surface area contributed by atoms with E-state index in [1.807, 2.05) is 0 Å². The van der Waals surface area contributed by atoms with Gasteiger partial charge >= 0.3 is 11.8 Å². The zero-order valence-electron chi connectivity index (χ0n) is 11.0. The fourth-order valence-corrected chi connectivity index (χ4v) is 2.25. The molecule has 0 fully saturated rings. The van der Waals surface area contributed by atoms with E-state index in [4.69, 9.17) is 40.5 Å². The van der Waals surface area contributed by atoms with E-state index >= 15 is 0 Å². The molecule has 0 saturated carbocycles. The molecular formula is C14H10Cl3N3O2. The zero-order chi connectivity index (χ0) is 16.3. The highest BCUT2D eigenvalue weighted by Crippen LogP contribution is 2.29. The van der Waals surface area contributed by atoms with Crippen LogP contribution in [-0.4, -0.2) is 11.8 Å². The summed E-state index contributed by atoms with van der Waals surface area (Å²) in [7, 11) is 0. The summed E-state index contributed by atoms with van der Waals surface area (Å²) >= 11 is 17.7. The Morgan fingerprint density at radius 2 is 1.45 bits per heavy atom. The zero-order valence-corrected chi connectivity index (χ0v) is 13.3. The predicted octanol–water partition coefficient (Wildman–Crippen LogP) is 3.81. The maximum Gasteiger partial charge on any atom is 0.314 e. The van der Waals surface area contributed by atoms with Crippen LogP contribution in [0, 0.1) is 0 Å². The molecule has 2 aromatic rings. The van der Waals surface area contributed by atoms with Crippen molar-refractivity contribution in [3.8, 4) is 0 Å². The number of nitrogen functional groups attached to an aromatic ring is 1. The summed E-state index contributed by atoms with van der Waals surface area (Å²) in [6.45, 7) is 0. The number of hydrogen-bond acceptors (Lipinski definition) is 3. The molecule has 0 radical (unpaired) electrons. The molecule has 0 heterocycles. The van der Waals surface area contributed by atoms with E-state index in [1.165, 1.54) is 18.2 Å². The quantitative estimate of drug-likeness (QED) is 0.564. The van der Waals surface area contributed by atoms with Gasteiger partial charge in [-0.2, -0.15) is 0 Å². The summed E-state index contributed by atoms with van der Waals surface area (Å²) in [5, 5.41) is 5.47. The van der Waals surface area contributed by atoms with Crippen LogP contribution in [-0.2, 0) is 9.59 Å². The van der Waals surface area contributed by atoms with E-state index < -0.39 is 11.8 Å². The number of amides is 2. The number of halogens is 3. The fraction of sp³-hybridized carbons (Fsp3) is 0. The predicted molar refractivity (Wildman–Crippen MR) is 89.6 cm³/mol. The van der Waals surface area contributed by atoms with Gasteiger partial charge in [-0.3, -0.25) is 9.59 Å². The molecule has 2 amide bonds. The van der Waals surface area contributed by atoms with E-state index in [0.717, 1.165) is 0 Å². The van der Waals surface area contributed by atoms with Gasteiger partial charge in [-0.15, -0.1) is 0 Å². The summed E-state index contributed by atoms with van der Waals surface area (Å²) < 4.78 is 0. The lowest BCUT2D eigenvalue weighted by Crippen LogP contribution is -2.29. The van der Waals surface area contributed by atoms with Crippen molar-refractivity contribution in [2.75, 3.05) is 16.4 Å². The van der Waals surface area contributed by atoms with Gasteiger partial charge in [-0.25, -0.2) is 0 Å². The molecule has 0 atom stereocenters. The Morgan fingerprint density at radius 1 is 0.864 bits per heavy atom. The van der Waals surface area contributed by atoms with Gasteiger partial charge in [0.1, 0.15) is 0 Å². The van der Waals surface area contributed by atoms with Gasteiger partial charge in [-0.05, 0) is 30.3 Å². The first-order valence-electron chi connectivity index (χ1n) is 6.00. The van der Waals surface area contributed by atoms with Gasteiger partial charge in [0, 0.05) is 5.69 Å². The van der Waals surface area contributed by atoms with Gasteiger partial charge in [0.05, 0.1) is 26.4 Å². The lowest BCUT2D eigenvalue weighted by molar-refractivity contribution is -0.132. The second-order valence-electron chi connectivity index (χ2n) is 4.24. The summed E-state index contributed by atoms with van der Waals surface area (Å²) in [5.74, 6) is -1.81. The molecule has 114 valence electrons. The molecule has 2 aromatic carbocycles. The molecule has 0 aliphatic heterocycles. The number of carbonyl (C=O) groups excluding carboxylic acids is 2. The molecule has 0 aliphatic carbocycles. The molecule has 4 N–H and O–H groups in total. The van der Waals surface area contributed by atoms with Gasteiger partial charge in [0.15, 0.2) is 0 Å². The largest absolute Gasteiger partial charge is 0.398 e. The third-order valence-corrected chi connectivity index (χ3v) is 3.62. The lowest BCUT2D eigenvalue weighted by Gasteiger charge is -2.10. The molecule has 0 spiro atoms. The Morgan fingerprint density at radius 3 is 2.05 bits per heavy atom. The summed E-state index contributed by atoms with van der Waals surface area (Å²) in [5.41, 5.74) is 6.43. The van der Waals surface area contributed by atoms with Crippen molar-refractivity contribution in [3.05, 3.63) is 51.5 Å². The summed E-state index contributed by atoms with van der Waals surface area (Å²) in [6, 6.07) is 9.18. The molecule has 0 unspecified atom stereocenters. The van der Waals surface area contributed by atoms with Crippen molar-refractivity contribution in [2.24, 2.45) is 0 Å². The van der Waals surface area contributed by atoms with Crippen LogP contribution in [0.15, 0.2) is 36.4 Å². The number of para-hydroxylation sites is 1. The van der Waals surface area contributed by atoms with Crippen molar-refractivity contribution in [3.63, 3.8) is 0 Å². The number of nitrogens with two attached hydrogens (primary N) is 1. The Bertz CT molecular complexity index is 730. The minimum Gasteiger partial charge on any atom is -0.398 e. The standard InChI is InChI=1S/C14H10Cl3N3O2/c15-8-2-1-3-9(16)12(8)20-14(22)13(21)19-7-4-5-11(18)10(17)6-7/h1-6H,18H2,(H,19,21)(H,20,22). The van der Waals surface area contributed by atoms with E-state index in [-0.39, 0.29) is 20.8 Å². The molecule has 5 nitrogen and oxygen atoms in total. The van der Waals surface area contributed by atoms with Crippen LogP contribution in [0.1, 0.15) is 0 Å². The number of hydrogen-bond donors (Lipinski definition) is 3. The fourth-order valence-electron chi connectivity index (χ4n) is 1.58. The number of anilines is 3. The smallest absolute Gasteiger partial charge is 0.314 e. The Balaban J connectivity index is 2.09. The third-order valence-electron chi connectivity index (χ3n) is 2.67. The normalized spacial score (nSPS) is 10.1. The van der Waals surface area contributed by atoms with E-state index in [2.05, 4.69) is 10.6 Å². The minimum atomic E-state index is -0.914. The van der Waals surface area contributed by atoms with Gasteiger partial charge in [0.25, 0.3) is 0 Å². The highest BCUT2D eigenvalue weighted by Gasteiger charge is 2.17. The van der Waals surface area contributed by atoms with Crippen LogP contribution in [0.25, 0.3) is 0 Å². The van der Waals surface area contributed by atoms with Crippen molar-refractivity contribution in [1.82, 2.24) is 0 Å². The van der Waals surface area contributed by atoms with Crippen molar-refractivity contribution < 1.29 is 9.59 Å². The second-order valence-corrected chi connectivity index (χ2v) is 5.46. The van der Waals surface area contributed by atoms with Gasteiger partial charge in [0.2, 0.25) is 0 Å². The average Bonchev–Trinajstić information content (AvgIpc) is 2.46. The van der Waals surface area contributed by atoms with Gasteiger partial charge < -0.3 is 16.4 Å². The second kappa shape index (κ2) is 6.87. The maximum absolute atomic E-state index is 11.9. The highest BCUT2D eigenvalue weighted by molar-refractivity contribution is 6.46. The molecular weight excluding hydrogens is 349 g/mol. The number of rotatable bonds is 2. The number of benzene rings is 2. The summed E-state index contributed by atoms with van der Waals surface area (Å²) in [4.78, 5) is 23.7. The average molecular weight is 359 g/mol. The molecule has 0 bridgehead atoms. The van der Waals surface area contributed by atoms with E-state index in [9.17, 15) is 9.59 Å². The lowest BCUT2D eigenvalue weighted by atomic mass is 10.2. The van der Waals surface area contributed by atoms with E-state index in [0.29, 0.717) is 11.4 Å². The maximum atomic E-state index is 11.9. The first-order valence-corrected chi connectivity index (χ1v) is 7.13. The van der Waals surface area contributed by atoms with Crippen LogP contribution < -0.4 is 16.4 Å². The van der Waals surface area contributed by atoms with Crippen molar-refractivity contribution >= 4 is 63.7 Å². The minimum absolute atomic E-state index is 0.168. The van der Waals surface area contributed by atoms with Crippen LogP contribution in [0.4, 0.5) is 17.1 Å².